The number of aliphatic hydroxyl groups is 1. The van der Waals surface area contributed by atoms with Crippen molar-refractivity contribution in [1.29, 1.82) is 0 Å². The summed E-state index contributed by atoms with van der Waals surface area (Å²) in [5, 5.41) is 12.2. The van der Waals surface area contributed by atoms with Crippen LogP contribution in [0, 0.1) is 11.8 Å². The van der Waals surface area contributed by atoms with E-state index in [1.807, 2.05) is 0 Å². The first kappa shape index (κ1) is 22.1. The quantitative estimate of drug-likeness (QED) is 0.692. The van der Waals surface area contributed by atoms with Gasteiger partial charge in [0.15, 0.2) is 5.78 Å². The molecule has 1 aliphatic carbocycles. The van der Waals surface area contributed by atoms with Crippen molar-refractivity contribution in [1.82, 2.24) is 0 Å². The van der Waals surface area contributed by atoms with Gasteiger partial charge in [-0.1, -0.05) is 42.8 Å². The number of halogens is 4. The summed E-state index contributed by atoms with van der Waals surface area (Å²) in [6.07, 6.45) is -1.23. The fourth-order valence-corrected chi connectivity index (χ4v) is 3.53. The molecule has 0 fully saturated rings. The summed E-state index contributed by atoms with van der Waals surface area (Å²) >= 11 is 6.23. The van der Waals surface area contributed by atoms with Gasteiger partial charge in [0.2, 0.25) is 5.91 Å². The highest BCUT2D eigenvalue weighted by molar-refractivity contribution is 6.34. The largest absolute Gasteiger partial charge is 0.416 e. The van der Waals surface area contributed by atoms with Crippen LogP contribution in [0.15, 0.2) is 42.5 Å². The Kier molecular flexibility index (Phi) is 6.33. The zero-order valence-electron chi connectivity index (χ0n) is 16.0. The third-order valence-electron chi connectivity index (χ3n) is 5.04. The predicted octanol–water partition coefficient (Wildman–Crippen LogP) is 4.99. The lowest BCUT2D eigenvalue weighted by Gasteiger charge is -2.24. The smallest absolute Gasteiger partial charge is 0.396 e. The Hall–Kier alpha value is -2.64. The molecule has 4 nitrogen and oxygen atoms in total. The van der Waals surface area contributed by atoms with Gasteiger partial charge in [-0.3, -0.25) is 9.59 Å². The van der Waals surface area contributed by atoms with E-state index >= 15 is 0 Å². The number of aliphatic hydroxyl groups excluding tert-OH is 1. The molecule has 2 aromatic carbocycles. The summed E-state index contributed by atoms with van der Waals surface area (Å²) in [5.74, 6) is -1.38. The highest BCUT2D eigenvalue weighted by atomic mass is 35.5. The second-order valence-corrected chi connectivity index (χ2v) is 7.62. The summed E-state index contributed by atoms with van der Waals surface area (Å²) in [6, 6.07) is 7.41. The summed E-state index contributed by atoms with van der Waals surface area (Å²) in [6.45, 7) is 1.63. The van der Waals surface area contributed by atoms with Gasteiger partial charge < -0.3 is 10.4 Å². The number of alkyl halides is 3. The molecule has 8 heteroatoms. The molecule has 30 heavy (non-hydrogen) atoms. The van der Waals surface area contributed by atoms with E-state index in [0.29, 0.717) is 16.7 Å². The van der Waals surface area contributed by atoms with Crippen LogP contribution in [0.3, 0.4) is 0 Å². The van der Waals surface area contributed by atoms with Crippen molar-refractivity contribution in [3.05, 3.63) is 69.8 Å². The minimum absolute atomic E-state index is 0.139. The lowest BCUT2D eigenvalue weighted by atomic mass is 9.81. The van der Waals surface area contributed by atoms with E-state index in [1.54, 1.807) is 25.1 Å². The zero-order valence-corrected chi connectivity index (χ0v) is 16.7. The van der Waals surface area contributed by atoms with Crippen molar-refractivity contribution in [2.24, 2.45) is 11.8 Å². The minimum atomic E-state index is -4.44. The molecule has 1 aliphatic rings. The van der Waals surface area contributed by atoms with Crippen molar-refractivity contribution in [3.63, 3.8) is 0 Å². The Bertz CT molecular complexity index is 1000. The third-order valence-corrected chi connectivity index (χ3v) is 5.36. The van der Waals surface area contributed by atoms with Crippen LogP contribution in [-0.2, 0) is 17.4 Å². The molecule has 2 N–H and O–H groups in total. The summed E-state index contributed by atoms with van der Waals surface area (Å²) in [5.41, 5.74) is 0.740. The summed E-state index contributed by atoms with van der Waals surface area (Å²) < 4.78 is 38.0. The van der Waals surface area contributed by atoms with Gasteiger partial charge in [-0.2, -0.15) is 13.2 Å². The third kappa shape index (κ3) is 4.57. The molecular formula is C22H19ClF3NO3. The topological polar surface area (TPSA) is 66.4 Å². The molecule has 0 aromatic heterocycles. The molecule has 2 atom stereocenters. The van der Waals surface area contributed by atoms with Crippen LogP contribution in [0.25, 0.3) is 6.08 Å². The van der Waals surface area contributed by atoms with E-state index in [1.165, 1.54) is 18.2 Å². The Labute approximate surface area is 176 Å². The van der Waals surface area contributed by atoms with Crippen LogP contribution >= 0.6 is 11.6 Å². The number of rotatable bonds is 5. The van der Waals surface area contributed by atoms with E-state index < -0.39 is 23.6 Å². The van der Waals surface area contributed by atoms with E-state index in [4.69, 9.17) is 11.6 Å². The Morgan fingerprint density at radius 3 is 2.47 bits per heavy atom. The van der Waals surface area contributed by atoms with Gasteiger partial charge in [0, 0.05) is 23.7 Å². The molecule has 3 rings (SSSR count). The second kappa shape index (κ2) is 8.62. The number of anilines is 1. The molecule has 2 aromatic rings. The molecular weight excluding hydrogens is 419 g/mol. The van der Waals surface area contributed by atoms with Crippen molar-refractivity contribution in [2.75, 3.05) is 11.9 Å². The predicted molar refractivity (Wildman–Crippen MR) is 108 cm³/mol. The van der Waals surface area contributed by atoms with Crippen molar-refractivity contribution in [3.8, 4) is 0 Å². The van der Waals surface area contributed by atoms with E-state index in [0.717, 1.165) is 12.1 Å². The first-order valence-corrected chi connectivity index (χ1v) is 9.61. The number of carbonyl (C=O) groups is 2. The lowest BCUT2D eigenvalue weighted by Crippen LogP contribution is -2.26. The Morgan fingerprint density at radius 2 is 1.87 bits per heavy atom. The van der Waals surface area contributed by atoms with Gasteiger partial charge in [-0.25, -0.2) is 0 Å². The first-order chi connectivity index (χ1) is 14.1. The normalized spacial score (nSPS) is 16.9. The monoisotopic (exact) mass is 437 g/mol. The number of fused-ring (bicyclic) bond motifs is 1. The number of benzene rings is 2. The summed E-state index contributed by atoms with van der Waals surface area (Å²) in [7, 11) is 0. The highest BCUT2D eigenvalue weighted by Gasteiger charge is 2.31. The number of carbonyl (C=O) groups excluding carboxylic acids is 2. The van der Waals surface area contributed by atoms with Gasteiger partial charge >= 0.3 is 6.18 Å². The maximum atomic E-state index is 12.8. The molecule has 0 saturated heterocycles. The number of ketones is 1. The Morgan fingerprint density at radius 1 is 1.20 bits per heavy atom. The maximum absolute atomic E-state index is 12.8. The van der Waals surface area contributed by atoms with Gasteiger partial charge in [0.05, 0.1) is 22.7 Å². The van der Waals surface area contributed by atoms with Crippen LogP contribution in [0.2, 0.25) is 5.02 Å². The fourth-order valence-electron chi connectivity index (χ4n) is 3.32. The first-order valence-electron chi connectivity index (χ1n) is 9.23. The maximum Gasteiger partial charge on any atom is 0.416 e. The zero-order chi connectivity index (χ0) is 22.1. The van der Waals surface area contributed by atoms with E-state index in [2.05, 4.69) is 5.32 Å². The molecule has 0 saturated carbocycles. The van der Waals surface area contributed by atoms with Gasteiger partial charge in [0.25, 0.3) is 0 Å². The molecule has 0 bridgehead atoms. The number of nitrogens with one attached hydrogen (secondary N) is 1. The average Bonchev–Trinajstić information content (AvgIpc) is 2.69. The number of hydrogen-bond acceptors (Lipinski definition) is 3. The van der Waals surface area contributed by atoms with Crippen LogP contribution in [0.4, 0.5) is 18.9 Å². The minimum Gasteiger partial charge on any atom is -0.396 e. The number of allylic oxidation sites excluding steroid dienone is 1. The molecule has 0 heterocycles. The second-order valence-electron chi connectivity index (χ2n) is 7.21. The van der Waals surface area contributed by atoms with Gasteiger partial charge in [-0.15, -0.1) is 0 Å². The van der Waals surface area contributed by atoms with Crippen LogP contribution in [0.5, 0.6) is 0 Å². The van der Waals surface area contributed by atoms with Crippen LogP contribution in [0.1, 0.15) is 34.0 Å². The molecule has 1 unspecified atom stereocenters. The Balaban J connectivity index is 1.80. The molecule has 0 spiro atoms. The van der Waals surface area contributed by atoms with Crippen molar-refractivity contribution >= 4 is 35.1 Å². The highest BCUT2D eigenvalue weighted by Crippen LogP contribution is 2.36. The standard InChI is InChI=1S/C22H19ClF3NO3/c1-12(11-28)15-6-7-16-17(21(15)30)8-9-18(23)20(16)27-19(29)10-13-2-4-14(5-3-13)22(24,25)26/h2-9,12,15,28H,10-11H2,1H3,(H,27,29)/t12-,15?/m1/s1. The lowest BCUT2D eigenvalue weighted by molar-refractivity contribution is -0.137. The van der Waals surface area contributed by atoms with Gasteiger partial charge in [0.1, 0.15) is 0 Å². The molecule has 1 amide bonds. The SMILES string of the molecule is C[C@H](CO)C1C=Cc2c(ccc(Cl)c2NC(=O)Cc2ccc(C(F)(F)F)cc2)C1=O. The van der Waals surface area contributed by atoms with Crippen molar-refractivity contribution in [2.45, 2.75) is 19.5 Å². The molecule has 0 radical (unpaired) electrons. The molecule has 0 aliphatic heterocycles. The number of amides is 1. The van der Waals surface area contributed by atoms with Crippen LogP contribution in [-0.4, -0.2) is 23.4 Å². The number of Topliss-reactive ketones (excluding diaryl/α,β-unsaturated/α-hetero) is 1. The summed E-state index contributed by atoms with van der Waals surface area (Å²) in [4.78, 5) is 25.2. The van der Waals surface area contributed by atoms with E-state index in [9.17, 15) is 27.9 Å². The van der Waals surface area contributed by atoms with Crippen LogP contribution < -0.4 is 5.32 Å². The van der Waals surface area contributed by atoms with E-state index in [-0.39, 0.29) is 35.4 Å². The fraction of sp³-hybridized carbons (Fsp3) is 0.273. The average molecular weight is 438 g/mol. The number of hydrogen-bond donors (Lipinski definition) is 2. The van der Waals surface area contributed by atoms with Gasteiger partial charge in [-0.05, 0) is 35.7 Å². The molecule has 158 valence electrons. The van der Waals surface area contributed by atoms with Crippen molar-refractivity contribution < 1.29 is 27.9 Å².